The number of benzene rings is 1. The number of nitrogens with one attached hydrogen (secondary N) is 1. The summed E-state index contributed by atoms with van der Waals surface area (Å²) < 4.78 is 4.93. The average molecular weight is 302 g/mol. The third kappa shape index (κ3) is 3.52. The normalized spacial score (nSPS) is 15.9. The van der Waals surface area contributed by atoms with Crippen molar-refractivity contribution in [3.63, 3.8) is 0 Å². The number of nitrogens with zero attached hydrogens (tertiary/aromatic N) is 1. The molecule has 1 aliphatic heterocycles. The van der Waals surface area contributed by atoms with Crippen LogP contribution in [-0.2, 0) is 19.1 Å². The molecule has 1 aliphatic rings. The first-order valence-electron chi connectivity index (χ1n) is 6.95. The number of hydrogen-bond donors (Lipinski definition) is 1. The topological polar surface area (TPSA) is 75.7 Å². The second kappa shape index (κ2) is 6.89. The van der Waals surface area contributed by atoms with E-state index in [1.165, 1.54) is 18.9 Å². The molecule has 0 radical (unpaired) electrons. The molecule has 2 amide bonds. The summed E-state index contributed by atoms with van der Waals surface area (Å²) in [4.78, 5) is 36.3. The van der Waals surface area contributed by atoms with Crippen molar-refractivity contribution < 1.29 is 19.1 Å². The summed E-state index contributed by atoms with van der Waals surface area (Å²) in [6, 6.07) is 7.14. The Labute approximate surface area is 128 Å². The maximum atomic E-state index is 11.9. The third-order valence-electron chi connectivity index (χ3n) is 3.47. The van der Waals surface area contributed by atoms with Gasteiger partial charge in [-0.2, -0.15) is 0 Å². The Bertz CT molecular complexity index is 624. The highest BCUT2D eigenvalue weighted by Crippen LogP contribution is 2.32. The molecule has 1 atom stereocenters. The summed E-state index contributed by atoms with van der Waals surface area (Å²) in [6.45, 7) is 1.13. The molecule has 1 aromatic rings. The number of likely N-dealkylation sites (N-methyl/N-ethyl adjacent to an activating group) is 1. The molecule has 0 saturated carbocycles. The second-order valence-corrected chi connectivity index (χ2v) is 4.92. The molecular weight excluding hydrogens is 284 g/mol. The van der Waals surface area contributed by atoms with Crippen LogP contribution in [0.2, 0.25) is 0 Å². The first-order valence-corrected chi connectivity index (χ1v) is 6.95. The van der Waals surface area contributed by atoms with E-state index in [-0.39, 0.29) is 24.8 Å². The van der Waals surface area contributed by atoms with Crippen molar-refractivity contribution in [3.05, 3.63) is 41.6 Å². The molecule has 22 heavy (non-hydrogen) atoms. The monoisotopic (exact) mass is 302 g/mol. The number of fused-ring (bicyclic) bond motifs is 1. The smallest absolute Gasteiger partial charge is 0.308 e. The van der Waals surface area contributed by atoms with Crippen LogP contribution >= 0.6 is 0 Å². The number of ether oxygens (including phenoxy) is 1. The zero-order valence-corrected chi connectivity index (χ0v) is 12.5. The number of hydrogen-bond acceptors (Lipinski definition) is 4. The molecule has 6 heteroatoms. The SMILES string of the molecule is CNC(=O)COC(=O)C[C@H]1c2ccccc2C=CN1C(C)=O. The van der Waals surface area contributed by atoms with Crippen LogP contribution in [0.25, 0.3) is 6.08 Å². The van der Waals surface area contributed by atoms with Crippen molar-refractivity contribution in [1.82, 2.24) is 10.2 Å². The molecule has 0 saturated heterocycles. The molecule has 1 heterocycles. The van der Waals surface area contributed by atoms with Gasteiger partial charge in [0.2, 0.25) is 5.91 Å². The number of carbonyl (C=O) groups excluding carboxylic acids is 3. The number of rotatable bonds is 4. The molecular formula is C16H18N2O4. The van der Waals surface area contributed by atoms with Gasteiger partial charge in [-0.15, -0.1) is 0 Å². The van der Waals surface area contributed by atoms with E-state index >= 15 is 0 Å². The Morgan fingerprint density at radius 2 is 2.00 bits per heavy atom. The van der Waals surface area contributed by atoms with Gasteiger partial charge in [0.1, 0.15) is 0 Å². The van der Waals surface area contributed by atoms with Crippen LogP contribution in [0.15, 0.2) is 30.5 Å². The van der Waals surface area contributed by atoms with Crippen molar-refractivity contribution in [1.29, 1.82) is 0 Å². The van der Waals surface area contributed by atoms with Crippen LogP contribution in [0, 0.1) is 0 Å². The van der Waals surface area contributed by atoms with Gasteiger partial charge in [0.05, 0.1) is 12.5 Å². The van der Waals surface area contributed by atoms with E-state index in [2.05, 4.69) is 5.32 Å². The van der Waals surface area contributed by atoms with E-state index in [0.29, 0.717) is 0 Å². The van der Waals surface area contributed by atoms with Crippen LogP contribution in [-0.4, -0.2) is 36.3 Å². The summed E-state index contributed by atoms with van der Waals surface area (Å²) in [5.74, 6) is -1.06. The van der Waals surface area contributed by atoms with E-state index in [1.54, 1.807) is 6.20 Å². The lowest BCUT2D eigenvalue weighted by atomic mass is 9.94. The summed E-state index contributed by atoms with van der Waals surface area (Å²) in [7, 11) is 1.47. The second-order valence-electron chi connectivity index (χ2n) is 4.92. The third-order valence-corrected chi connectivity index (χ3v) is 3.47. The van der Waals surface area contributed by atoms with Gasteiger partial charge in [0.25, 0.3) is 5.91 Å². The molecule has 0 unspecified atom stereocenters. The Balaban J connectivity index is 2.15. The first kappa shape index (κ1) is 15.8. The van der Waals surface area contributed by atoms with Crippen molar-refractivity contribution in [2.75, 3.05) is 13.7 Å². The van der Waals surface area contributed by atoms with Crippen molar-refractivity contribution in [2.24, 2.45) is 0 Å². The van der Waals surface area contributed by atoms with E-state index in [0.717, 1.165) is 11.1 Å². The predicted molar refractivity (Wildman–Crippen MR) is 80.4 cm³/mol. The van der Waals surface area contributed by atoms with Gasteiger partial charge < -0.3 is 15.0 Å². The first-order chi connectivity index (χ1) is 10.5. The fourth-order valence-electron chi connectivity index (χ4n) is 2.35. The molecule has 116 valence electrons. The number of esters is 1. The zero-order valence-electron chi connectivity index (χ0n) is 12.5. The van der Waals surface area contributed by atoms with Gasteiger partial charge >= 0.3 is 5.97 Å². The van der Waals surface area contributed by atoms with Crippen LogP contribution in [0.4, 0.5) is 0 Å². The molecule has 1 N–H and O–H groups in total. The fraction of sp³-hybridized carbons (Fsp3) is 0.312. The summed E-state index contributed by atoms with van der Waals surface area (Å²) >= 11 is 0. The molecule has 0 aliphatic carbocycles. The van der Waals surface area contributed by atoms with E-state index in [9.17, 15) is 14.4 Å². The van der Waals surface area contributed by atoms with Gasteiger partial charge in [0.15, 0.2) is 6.61 Å². The van der Waals surface area contributed by atoms with Crippen LogP contribution in [0.1, 0.15) is 30.5 Å². The van der Waals surface area contributed by atoms with Crippen molar-refractivity contribution in [2.45, 2.75) is 19.4 Å². The van der Waals surface area contributed by atoms with Gasteiger partial charge in [0, 0.05) is 20.2 Å². The Morgan fingerprint density at radius 1 is 1.27 bits per heavy atom. The molecule has 0 bridgehead atoms. The highest BCUT2D eigenvalue weighted by molar-refractivity contribution is 5.82. The molecule has 0 aromatic heterocycles. The summed E-state index contributed by atoms with van der Waals surface area (Å²) in [6.07, 6.45) is 3.50. The largest absolute Gasteiger partial charge is 0.456 e. The number of carbonyl (C=O) groups is 3. The van der Waals surface area contributed by atoms with Gasteiger partial charge in [-0.1, -0.05) is 24.3 Å². The van der Waals surface area contributed by atoms with Gasteiger partial charge in [-0.05, 0) is 17.2 Å². The maximum absolute atomic E-state index is 11.9. The minimum absolute atomic E-state index is 0.00206. The Kier molecular flexibility index (Phi) is 4.93. The van der Waals surface area contributed by atoms with E-state index in [1.807, 2.05) is 30.3 Å². The number of amides is 2. The molecule has 0 fully saturated rings. The molecule has 1 aromatic carbocycles. The molecule has 6 nitrogen and oxygen atoms in total. The highest BCUT2D eigenvalue weighted by atomic mass is 16.5. The average Bonchev–Trinajstić information content (AvgIpc) is 2.52. The minimum atomic E-state index is -0.523. The molecule has 2 rings (SSSR count). The van der Waals surface area contributed by atoms with E-state index in [4.69, 9.17) is 4.74 Å². The highest BCUT2D eigenvalue weighted by Gasteiger charge is 2.28. The van der Waals surface area contributed by atoms with Gasteiger partial charge in [-0.3, -0.25) is 14.4 Å². The fourth-order valence-corrected chi connectivity index (χ4v) is 2.35. The summed E-state index contributed by atoms with van der Waals surface area (Å²) in [5, 5.41) is 2.37. The van der Waals surface area contributed by atoms with Crippen molar-refractivity contribution >= 4 is 23.9 Å². The lowest BCUT2D eigenvalue weighted by Gasteiger charge is -2.32. The molecule has 0 spiro atoms. The Hall–Kier alpha value is -2.63. The van der Waals surface area contributed by atoms with E-state index < -0.39 is 12.0 Å². The predicted octanol–water partition coefficient (Wildman–Crippen LogP) is 1.24. The quantitative estimate of drug-likeness (QED) is 0.849. The van der Waals surface area contributed by atoms with Gasteiger partial charge in [-0.25, -0.2) is 0 Å². The van der Waals surface area contributed by atoms with Crippen molar-refractivity contribution in [3.8, 4) is 0 Å². The van der Waals surface area contributed by atoms with Crippen LogP contribution < -0.4 is 5.32 Å². The minimum Gasteiger partial charge on any atom is -0.456 e. The standard InChI is InChI=1S/C16H18N2O4/c1-11(19)18-8-7-12-5-3-4-6-13(12)14(18)9-16(21)22-10-15(20)17-2/h3-8,14H,9-10H2,1-2H3,(H,17,20)/t14-/m0/s1. The lowest BCUT2D eigenvalue weighted by molar-refractivity contribution is -0.150. The Morgan fingerprint density at radius 3 is 2.68 bits per heavy atom. The lowest BCUT2D eigenvalue weighted by Crippen LogP contribution is -2.33. The van der Waals surface area contributed by atoms with Crippen LogP contribution in [0.5, 0.6) is 0 Å². The summed E-state index contributed by atoms with van der Waals surface area (Å²) in [5.41, 5.74) is 1.85. The maximum Gasteiger partial charge on any atom is 0.308 e. The zero-order chi connectivity index (χ0) is 16.1. The van der Waals surface area contributed by atoms with Crippen LogP contribution in [0.3, 0.4) is 0 Å².